The number of amides is 2. The van der Waals surface area contributed by atoms with Crippen LogP contribution in [0.3, 0.4) is 0 Å². The van der Waals surface area contributed by atoms with E-state index < -0.39 is 0 Å². The number of carbonyl (C=O) groups excluding carboxylic acids is 2. The molecule has 0 radical (unpaired) electrons. The number of aryl methyl sites for hydroxylation is 1. The molecule has 0 aliphatic carbocycles. The molecule has 33 heavy (non-hydrogen) atoms. The zero-order chi connectivity index (χ0) is 24.0. The summed E-state index contributed by atoms with van der Waals surface area (Å²) >= 11 is 5.91. The van der Waals surface area contributed by atoms with E-state index in [2.05, 4.69) is 34.2 Å². The topological polar surface area (TPSA) is 91.6 Å². The van der Waals surface area contributed by atoms with E-state index in [0.717, 1.165) is 12.1 Å². The van der Waals surface area contributed by atoms with E-state index in [1.807, 2.05) is 31.1 Å². The summed E-state index contributed by atoms with van der Waals surface area (Å²) in [5.74, 6) is 1.02. The standard InChI is InChI=1S/C24H34ClN5O3/c1-24(2,16-29(3)4)15-26-23(32)18-11-13-30(14-12-18)21(31)10-9-20-27-22(28-33-20)17-5-7-19(25)8-6-17/h5-8,18H,9-16H2,1-4H3,(H,26,32). The summed E-state index contributed by atoms with van der Waals surface area (Å²) in [7, 11) is 4.07. The number of carbonyl (C=O) groups is 2. The third kappa shape index (κ3) is 7.54. The number of nitrogens with zero attached hydrogens (tertiary/aromatic N) is 4. The normalized spacial score (nSPS) is 15.2. The fraction of sp³-hybridized carbons (Fsp3) is 0.583. The van der Waals surface area contributed by atoms with Gasteiger partial charge in [-0.05, 0) is 56.6 Å². The van der Waals surface area contributed by atoms with Gasteiger partial charge in [-0.3, -0.25) is 9.59 Å². The van der Waals surface area contributed by atoms with Crippen molar-refractivity contribution < 1.29 is 14.1 Å². The van der Waals surface area contributed by atoms with Gasteiger partial charge in [0, 0.05) is 55.5 Å². The molecule has 1 aromatic carbocycles. The van der Waals surface area contributed by atoms with Gasteiger partial charge in [0.05, 0.1) is 0 Å². The summed E-state index contributed by atoms with van der Waals surface area (Å²) in [6.07, 6.45) is 2.07. The zero-order valence-electron chi connectivity index (χ0n) is 19.9. The van der Waals surface area contributed by atoms with Crippen LogP contribution in [0.5, 0.6) is 0 Å². The Morgan fingerprint density at radius 2 is 1.88 bits per heavy atom. The van der Waals surface area contributed by atoms with E-state index in [9.17, 15) is 9.59 Å². The quantitative estimate of drug-likeness (QED) is 0.598. The Morgan fingerprint density at radius 3 is 2.52 bits per heavy atom. The maximum atomic E-state index is 12.6. The summed E-state index contributed by atoms with van der Waals surface area (Å²) in [4.78, 5) is 33.6. The first-order valence-corrected chi connectivity index (χ1v) is 11.8. The van der Waals surface area contributed by atoms with Crippen molar-refractivity contribution in [2.75, 3.05) is 40.3 Å². The van der Waals surface area contributed by atoms with E-state index in [1.165, 1.54) is 0 Å². The minimum absolute atomic E-state index is 0.0119. The smallest absolute Gasteiger partial charge is 0.227 e. The van der Waals surface area contributed by atoms with Gasteiger partial charge < -0.3 is 19.6 Å². The second-order valence-corrected chi connectivity index (χ2v) is 10.2. The van der Waals surface area contributed by atoms with Gasteiger partial charge in [0.2, 0.25) is 23.5 Å². The summed E-state index contributed by atoms with van der Waals surface area (Å²) < 4.78 is 5.29. The predicted molar refractivity (Wildman–Crippen MR) is 128 cm³/mol. The second-order valence-electron chi connectivity index (χ2n) is 9.79. The molecule has 180 valence electrons. The van der Waals surface area contributed by atoms with Crippen molar-refractivity contribution >= 4 is 23.4 Å². The number of piperidine rings is 1. The lowest BCUT2D eigenvalue weighted by Gasteiger charge is -2.33. The van der Waals surface area contributed by atoms with Gasteiger partial charge in [0.25, 0.3) is 0 Å². The van der Waals surface area contributed by atoms with Gasteiger partial charge in [-0.15, -0.1) is 0 Å². The van der Waals surface area contributed by atoms with Gasteiger partial charge in [-0.1, -0.05) is 30.6 Å². The van der Waals surface area contributed by atoms with Crippen molar-refractivity contribution in [1.82, 2.24) is 25.3 Å². The largest absolute Gasteiger partial charge is 0.355 e. The van der Waals surface area contributed by atoms with Gasteiger partial charge in [0.1, 0.15) is 0 Å². The molecular formula is C24H34ClN5O3. The molecule has 1 aliphatic rings. The number of nitrogens with one attached hydrogen (secondary N) is 1. The summed E-state index contributed by atoms with van der Waals surface area (Å²) in [6.45, 7) is 7.04. The van der Waals surface area contributed by atoms with Crippen LogP contribution in [0.4, 0.5) is 0 Å². The Labute approximate surface area is 200 Å². The molecule has 0 bridgehead atoms. The van der Waals surface area contributed by atoms with Crippen LogP contribution in [0, 0.1) is 11.3 Å². The van der Waals surface area contributed by atoms with E-state index in [1.54, 1.807) is 12.1 Å². The lowest BCUT2D eigenvalue weighted by Crippen LogP contribution is -2.46. The summed E-state index contributed by atoms with van der Waals surface area (Å²) in [5, 5.41) is 7.73. The average Bonchev–Trinajstić information content (AvgIpc) is 3.24. The highest BCUT2D eigenvalue weighted by atomic mass is 35.5. The van der Waals surface area contributed by atoms with Gasteiger partial charge in [-0.25, -0.2) is 0 Å². The van der Waals surface area contributed by atoms with Crippen molar-refractivity contribution in [3.63, 3.8) is 0 Å². The molecule has 2 heterocycles. The van der Waals surface area contributed by atoms with Crippen LogP contribution < -0.4 is 5.32 Å². The third-order valence-electron chi connectivity index (χ3n) is 5.83. The van der Waals surface area contributed by atoms with E-state index in [4.69, 9.17) is 16.1 Å². The number of benzene rings is 1. The fourth-order valence-electron chi connectivity index (χ4n) is 4.22. The predicted octanol–water partition coefficient (Wildman–Crippen LogP) is 3.27. The molecule has 0 saturated carbocycles. The van der Waals surface area contributed by atoms with Crippen molar-refractivity contribution in [1.29, 1.82) is 0 Å². The Kier molecular flexibility index (Phi) is 8.48. The molecule has 0 spiro atoms. The molecule has 8 nitrogen and oxygen atoms in total. The highest BCUT2D eigenvalue weighted by Gasteiger charge is 2.28. The van der Waals surface area contributed by atoms with E-state index in [-0.39, 0.29) is 23.1 Å². The van der Waals surface area contributed by atoms with Crippen LogP contribution >= 0.6 is 11.6 Å². The van der Waals surface area contributed by atoms with Crippen LogP contribution in [-0.2, 0) is 16.0 Å². The summed E-state index contributed by atoms with van der Waals surface area (Å²) in [6, 6.07) is 7.19. The van der Waals surface area contributed by atoms with Crippen molar-refractivity contribution in [3.8, 4) is 11.4 Å². The number of rotatable bonds is 9. The maximum absolute atomic E-state index is 12.6. The number of halogens is 1. The number of aromatic nitrogens is 2. The van der Waals surface area contributed by atoms with Crippen LogP contribution in [0.25, 0.3) is 11.4 Å². The lowest BCUT2D eigenvalue weighted by atomic mass is 9.91. The Balaban J connectivity index is 1.41. The molecule has 0 atom stereocenters. The molecule has 2 aromatic rings. The zero-order valence-corrected chi connectivity index (χ0v) is 20.7. The van der Waals surface area contributed by atoms with Gasteiger partial charge >= 0.3 is 0 Å². The first kappa shape index (κ1) is 25.2. The van der Waals surface area contributed by atoms with Crippen molar-refractivity contribution in [2.45, 2.75) is 39.5 Å². The highest BCUT2D eigenvalue weighted by Crippen LogP contribution is 2.21. The van der Waals surface area contributed by atoms with Gasteiger partial charge in [0.15, 0.2) is 0 Å². The summed E-state index contributed by atoms with van der Waals surface area (Å²) in [5.41, 5.74) is 0.823. The number of hydrogen-bond acceptors (Lipinski definition) is 6. The first-order chi connectivity index (χ1) is 15.6. The molecule has 1 saturated heterocycles. The maximum Gasteiger partial charge on any atom is 0.227 e. The van der Waals surface area contributed by atoms with Crippen LogP contribution in [0.2, 0.25) is 5.02 Å². The Morgan fingerprint density at radius 1 is 1.21 bits per heavy atom. The van der Waals surface area contributed by atoms with Gasteiger partial charge in [-0.2, -0.15) is 4.98 Å². The molecule has 1 aliphatic heterocycles. The van der Waals surface area contributed by atoms with E-state index >= 15 is 0 Å². The molecule has 1 aromatic heterocycles. The lowest BCUT2D eigenvalue weighted by molar-refractivity contribution is -0.135. The Hall–Kier alpha value is -2.45. The minimum Gasteiger partial charge on any atom is -0.355 e. The molecule has 3 rings (SSSR count). The third-order valence-corrected chi connectivity index (χ3v) is 6.08. The number of hydrogen-bond donors (Lipinski definition) is 1. The van der Waals surface area contributed by atoms with E-state index in [0.29, 0.717) is 62.1 Å². The number of likely N-dealkylation sites (tertiary alicyclic amines) is 1. The van der Waals surface area contributed by atoms with Crippen LogP contribution in [0.1, 0.15) is 39.0 Å². The van der Waals surface area contributed by atoms with Crippen molar-refractivity contribution in [3.05, 3.63) is 35.2 Å². The molecule has 1 fully saturated rings. The molecule has 9 heteroatoms. The molecule has 1 N–H and O–H groups in total. The second kappa shape index (κ2) is 11.1. The SMILES string of the molecule is CN(C)CC(C)(C)CNC(=O)C1CCN(C(=O)CCc2nc(-c3ccc(Cl)cc3)no2)CC1. The van der Waals surface area contributed by atoms with Crippen LogP contribution in [0.15, 0.2) is 28.8 Å². The monoisotopic (exact) mass is 475 g/mol. The molecule has 0 unspecified atom stereocenters. The minimum atomic E-state index is -0.0397. The fourth-order valence-corrected chi connectivity index (χ4v) is 4.34. The highest BCUT2D eigenvalue weighted by molar-refractivity contribution is 6.30. The molecular weight excluding hydrogens is 442 g/mol. The van der Waals surface area contributed by atoms with Crippen molar-refractivity contribution in [2.24, 2.45) is 11.3 Å². The van der Waals surface area contributed by atoms with Crippen LogP contribution in [-0.4, -0.2) is 72.0 Å². The average molecular weight is 476 g/mol. The molecule has 2 amide bonds. The first-order valence-electron chi connectivity index (χ1n) is 11.4. The Bertz CT molecular complexity index is 934.